The molecule has 0 amide bonds. The number of phenols is 3. The average Bonchev–Trinajstić information content (AvgIpc) is 3.27. The van der Waals surface area contributed by atoms with E-state index in [0.29, 0.717) is 19.3 Å². The Hall–Kier alpha value is -6.78. The maximum Gasteiger partial charge on any atom is 0.310 e. The summed E-state index contributed by atoms with van der Waals surface area (Å²) in [7, 11) is 2.98. The Morgan fingerprint density at radius 2 is 1.51 bits per heavy atom. The Morgan fingerprint density at radius 1 is 0.778 bits per heavy atom. The van der Waals surface area contributed by atoms with E-state index in [1.54, 1.807) is 36.4 Å². The van der Waals surface area contributed by atoms with E-state index >= 15 is 0 Å². The predicted octanol–water partition coefficient (Wildman–Crippen LogP) is 9.64. The molecule has 0 heterocycles. The second-order valence-electron chi connectivity index (χ2n) is 16.8. The van der Waals surface area contributed by atoms with E-state index in [4.69, 9.17) is 18.9 Å². The SMILES string of the molecule is COc1cc([C@@H]2C[C@H](OC(=O)Cc3ccc4cc(O)cc(-c5ccccc5)c4c3)C[C@@H](OC(C)=O)[C@@H]3Cc4cc(OC)c(O)cc4[C@@H](CO)[C@]3(/C=C/c3ccccc3)C2)ccc1O. The van der Waals surface area contributed by atoms with Gasteiger partial charge in [0, 0.05) is 30.6 Å². The number of esters is 2. The van der Waals surface area contributed by atoms with Crippen molar-refractivity contribution in [3.05, 3.63) is 155 Å². The van der Waals surface area contributed by atoms with Crippen molar-refractivity contribution in [2.24, 2.45) is 11.3 Å². The number of hydrogen-bond acceptors (Lipinski definition) is 10. The first-order valence-electron chi connectivity index (χ1n) is 21.3. The highest BCUT2D eigenvalue weighted by Gasteiger charge is 2.54. The first-order chi connectivity index (χ1) is 30.5. The molecule has 2 aliphatic carbocycles. The summed E-state index contributed by atoms with van der Waals surface area (Å²) in [6.45, 7) is 1.08. The molecular weight excluding hydrogens is 797 g/mol. The number of ether oxygens (including phenoxy) is 4. The van der Waals surface area contributed by atoms with E-state index < -0.39 is 41.4 Å². The Balaban J connectivity index is 1.22. The quantitative estimate of drug-likeness (QED) is 0.0928. The van der Waals surface area contributed by atoms with Crippen molar-refractivity contribution in [3.63, 3.8) is 0 Å². The minimum atomic E-state index is -0.889. The topological polar surface area (TPSA) is 152 Å². The summed E-state index contributed by atoms with van der Waals surface area (Å²) in [4.78, 5) is 27.3. The molecule has 0 aliphatic heterocycles. The monoisotopic (exact) mass is 848 g/mol. The van der Waals surface area contributed by atoms with Gasteiger partial charge in [0.1, 0.15) is 18.0 Å². The van der Waals surface area contributed by atoms with Crippen LogP contribution in [0.5, 0.6) is 28.7 Å². The van der Waals surface area contributed by atoms with Crippen LogP contribution >= 0.6 is 0 Å². The van der Waals surface area contributed by atoms with Crippen LogP contribution in [0.15, 0.2) is 127 Å². The zero-order chi connectivity index (χ0) is 44.3. The highest BCUT2D eigenvalue weighted by molar-refractivity contribution is 5.98. The Labute approximate surface area is 367 Å². The van der Waals surface area contributed by atoms with E-state index in [1.807, 2.05) is 91.0 Å². The average molecular weight is 849 g/mol. The highest BCUT2D eigenvalue weighted by atomic mass is 16.6. The fourth-order valence-corrected chi connectivity index (χ4v) is 10.2. The summed E-state index contributed by atoms with van der Waals surface area (Å²) in [6, 6.07) is 37.4. The van der Waals surface area contributed by atoms with Gasteiger partial charge in [-0.25, -0.2) is 0 Å². The molecule has 0 spiro atoms. The van der Waals surface area contributed by atoms with Crippen LogP contribution in [0, 0.1) is 11.3 Å². The second kappa shape index (κ2) is 18.3. The number of benzene rings is 6. The van der Waals surface area contributed by atoms with Gasteiger partial charge in [-0.05, 0) is 117 Å². The van der Waals surface area contributed by atoms with E-state index in [-0.39, 0.29) is 54.1 Å². The summed E-state index contributed by atoms with van der Waals surface area (Å²) in [5, 5.41) is 45.6. The van der Waals surface area contributed by atoms with Crippen LogP contribution in [-0.2, 0) is 31.9 Å². The molecule has 6 aromatic carbocycles. The van der Waals surface area contributed by atoms with Gasteiger partial charge >= 0.3 is 11.9 Å². The van der Waals surface area contributed by atoms with Crippen molar-refractivity contribution in [1.82, 2.24) is 0 Å². The van der Waals surface area contributed by atoms with Gasteiger partial charge in [0.15, 0.2) is 23.0 Å². The molecule has 324 valence electrons. The van der Waals surface area contributed by atoms with Crippen molar-refractivity contribution >= 4 is 28.8 Å². The normalized spacial score (nSPS) is 22.0. The molecule has 2 aliphatic rings. The van der Waals surface area contributed by atoms with Crippen LogP contribution in [0.25, 0.3) is 28.0 Å². The van der Waals surface area contributed by atoms with Crippen molar-refractivity contribution in [1.29, 1.82) is 0 Å². The molecule has 0 bridgehead atoms. The van der Waals surface area contributed by atoms with Gasteiger partial charge in [-0.2, -0.15) is 0 Å². The zero-order valence-corrected chi connectivity index (χ0v) is 35.6. The number of hydrogen-bond donors (Lipinski definition) is 4. The van der Waals surface area contributed by atoms with Crippen molar-refractivity contribution < 1.29 is 49.0 Å². The fourth-order valence-electron chi connectivity index (χ4n) is 10.2. The smallest absolute Gasteiger partial charge is 0.310 e. The Kier molecular flexibility index (Phi) is 12.4. The molecule has 10 nitrogen and oxygen atoms in total. The lowest BCUT2D eigenvalue weighted by molar-refractivity contribution is -0.162. The third kappa shape index (κ3) is 8.95. The van der Waals surface area contributed by atoms with Gasteiger partial charge in [0.05, 0.1) is 27.2 Å². The van der Waals surface area contributed by atoms with E-state index in [2.05, 4.69) is 6.08 Å². The minimum Gasteiger partial charge on any atom is -0.508 e. The van der Waals surface area contributed by atoms with E-state index in [1.165, 1.54) is 21.1 Å². The van der Waals surface area contributed by atoms with Crippen LogP contribution < -0.4 is 9.47 Å². The molecule has 0 unspecified atom stereocenters. The molecule has 10 heteroatoms. The van der Waals surface area contributed by atoms with Gasteiger partial charge in [0.25, 0.3) is 0 Å². The van der Waals surface area contributed by atoms with Gasteiger partial charge in [-0.15, -0.1) is 0 Å². The molecule has 0 radical (unpaired) electrons. The summed E-state index contributed by atoms with van der Waals surface area (Å²) < 4.78 is 23.9. The van der Waals surface area contributed by atoms with Gasteiger partial charge < -0.3 is 39.4 Å². The largest absolute Gasteiger partial charge is 0.508 e. The maximum atomic E-state index is 14.2. The molecule has 1 saturated carbocycles. The van der Waals surface area contributed by atoms with Crippen LogP contribution in [0.2, 0.25) is 0 Å². The van der Waals surface area contributed by atoms with Gasteiger partial charge in [-0.3, -0.25) is 9.59 Å². The number of aliphatic hydroxyl groups excluding tert-OH is 1. The number of carbonyl (C=O) groups is 2. The summed E-state index contributed by atoms with van der Waals surface area (Å²) in [6.07, 6.45) is 3.93. The number of fused-ring (bicyclic) bond motifs is 3. The molecule has 6 aromatic rings. The van der Waals surface area contributed by atoms with Gasteiger partial charge in [0.2, 0.25) is 0 Å². The Morgan fingerprint density at radius 3 is 2.22 bits per heavy atom. The molecule has 4 N–H and O–H groups in total. The summed E-state index contributed by atoms with van der Waals surface area (Å²) >= 11 is 0. The lowest BCUT2D eigenvalue weighted by atomic mass is 9.52. The summed E-state index contributed by atoms with van der Waals surface area (Å²) in [5.74, 6) is -1.65. The molecular formula is C53H52O10. The molecule has 0 saturated heterocycles. The number of allylic oxidation sites excluding steroid dienone is 1. The second-order valence-corrected chi connectivity index (χ2v) is 16.8. The molecule has 0 aromatic heterocycles. The number of phenolic OH excluding ortho intramolecular Hbond substituents is 3. The zero-order valence-electron chi connectivity index (χ0n) is 35.6. The fraction of sp³-hybridized carbons (Fsp3) is 0.283. The van der Waals surface area contributed by atoms with Crippen LogP contribution in [0.4, 0.5) is 0 Å². The van der Waals surface area contributed by atoms with Crippen molar-refractivity contribution in [2.75, 3.05) is 20.8 Å². The van der Waals surface area contributed by atoms with E-state index in [0.717, 1.165) is 49.7 Å². The standard InChI is InChI=1S/C53H52O10/c1-32(55)62-49-28-41(63-52(59)21-34-14-15-37-22-40(56)27-43(42(37)20-34)35-12-8-5-9-13-35)23-39(36-16-17-47(57)50(25-36)60-2)30-53(19-18-33-10-6-4-7-11-33)45(49)24-38-26-51(61-3)48(58)29-44(38)46(53)31-54/h4-20,22,25-27,29,39,41,45-46,49,54,56-58H,21,23-24,28,30-31H2,1-3H3/b19-18+/t39-,41+,45+,46-,49-,53-/m1/s1. The minimum absolute atomic E-state index is 0.0215. The highest BCUT2D eigenvalue weighted by Crippen LogP contribution is 2.60. The predicted molar refractivity (Wildman–Crippen MR) is 241 cm³/mol. The lowest BCUT2D eigenvalue weighted by Crippen LogP contribution is -2.51. The number of rotatable bonds is 11. The number of aliphatic hydroxyl groups is 1. The number of aromatic hydroxyl groups is 3. The number of methoxy groups -OCH3 is 2. The van der Waals surface area contributed by atoms with Crippen molar-refractivity contribution in [3.8, 4) is 39.9 Å². The molecule has 1 fully saturated rings. The number of carbonyl (C=O) groups excluding carboxylic acids is 2. The third-order valence-corrected chi connectivity index (χ3v) is 13.0. The Bertz CT molecular complexity index is 2640. The maximum absolute atomic E-state index is 14.2. The molecule has 63 heavy (non-hydrogen) atoms. The van der Waals surface area contributed by atoms with Gasteiger partial charge in [-0.1, -0.05) is 91.0 Å². The molecule has 8 rings (SSSR count). The lowest BCUT2D eigenvalue weighted by Gasteiger charge is -2.54. The van der Waals surface area contributed by atoms with Crippen LogP contribution in [0.3, 0.4) is 0 Å². The van der Waals surface area contributed by atoms with Crippen LogP contribution in [-0.4, -0.2) is 65.4 Å². The third-order valence-electron chi connectivity index (χ3n) is 13.0. The van der Waals surface area contributed by atoms with Crippen molar-refractivity contribution in [2.45, 2.75) is 63.1 Å². The summed E-state index contributed by atoms with van der Waals surface area (Å²) in [5.41, 5.74) is 4.98. The van der Waals surface area contributed by atoms with E-state index in [9.17, 15) is 30.0 Å². The molecule has 6 atom stereocenters. The first-order valence-corrected chi connectivity index (χ1v) is 21.3. The van der Waals surface area contributed by atoms with Crippen LogP contribution in [0.1, 0.15) is 65.8 Å². The first kappa shape index (κ1) is 42.9.